The van der Waals surface area contributed by atoms with E-state index in [0.29, 0.717) is 5.39 Å². The molecule has 3 N–H and O–H groups in total. The summed E-state index contributed by atoms with van der Waals surface area (Å²) in [6.07, 6.45) is -5.76. The van der Waals surface area contributed by atoms with Gasteiger partial charge >= 0.3 is 12.1 Å². The summed E-state index contributed by atoms with van der Waals surface area (Å²) < 4.78 is 44.7. The van der Waals surface area contributed by atoms with Gasteiger partial charge in [0.2, 0.25) is 0 Å². The predicted octanol–water partition coefficient (Wildman–Crippen LogP) is 3.51. The van der Waals surface area contributed by atoms with Crippen LogP contribution in [0.4, 0.5) is 24.7 Å². The van der Waals surface area contributed by atoms with Gasteiger partial charge in [-0.25, -0.2) is 9.78 Å². The Morgan fingerprint density at radius 2 is 1.86 bits per heavy atom. The van der Waals surface area contributed by atoms with Crippen LogP contribution in [0.1, 0.15) is 15.9 Å². The molecule has 3 aromatic rings. The fourth-order valence-corrected chi connectivity index (χ4v) is 2.66. The molecule has 1 heterocycles. The lowest BCUT2D eigenvalue weighted by Crippen LogP contribution is -2.22. The summed E-state index contributed by atoms with van der Waals surface area (Å²) in [7, 11) is 0. The van der Waals surface area contributed by atoms with E-state index in [1.165, 1.54) is 30.3 Å². The number of anilines is 2. The number of nitrogens with zero attached hydrogens (tertiary/aromatic N) is 1. The van der Waals surface area contributed by atoms with E-state index >= 15 is 0 Å². The summed E-state index contributed by atoms with van der Waals surface area (Å²) in [4.78, 5) is 16.3. The number of carbonyl (C=O) groups is 1. The number of para-hydroxylation sites is 2. The summed E-state index contributed by atoms with van der Waals surface area (Å²) in [6, 6.07) is 13.0. The Bertz CT molecular complexity index is 1020. The second-order valence-corrected chi connectivity index (χ2v) is 6.18. The standard InChI is InChI=1S/C20H17F3N2O4/c21-20(22,23)15-6-3-4-12-8-9-17(25-18(12)15)24-16-7-2-1-5-14(16)19(28)29-11-13(27)10-26/h1-9,13,26-27H,10-11H2,(H,24,25). The third-order valence-corrected chi connectivity index (χ3v) is 4.05. The second kappa shape index (κ2) is 8.46. The molecule has 0 aliphatic carbocycles. The van der Waals surface area contributed by atoms with Gasteiger partial charge in [-0.2, -0.15) is 13.2 Å². The molecule has 152 valence electrons. The first-order chi connectivity index (χ1) is 13.8. The summed E-state index contributed by atoms with van der Waals surface area (Å²) >= 11 is 0. The highest BCUT2D eigenvalue weighted by molar-refractivity contribution is 5.96. The third-order valence-electron chi connectivity index (χ3n) is 4.05. The van der Waals surface area contributed by atoms with Crippen LogP contribution in [0.2, 0.25) is 0 Å². The molecule has 1 unspecified atom stereocenters. The molecule has 0 spiro atoms. The van der Waals surface area contributed by atoms with Gasteiger partial charge in [0.1, 0.15) is 18.5 Å². The number of carbonyl (C=O) groups excluding carboxylic acids is 1. The van der Waals surface area contributed by atoms with Crippen molar-refractivity contribution in [2.75, 3.05) is 18.5 Å². The van der Waals surface area contributed by atoms with Crippen LogP contribution >= 0.6 is 0 Å². The number of benzene rings is 2. The number of hydrogen-bond donors (Lipinski definition) is 3. The van der Waals surface area contributed by atoms with Crippen molar-refractivity contribution in [1.29, 1.82) is 0 Å². The van der Waals surface area contributed by atoms with Gasteiger partial charge in [-0.05, 0) is 30.3 Å². The number of aliphatic hydroxyl groups excluding tert-OH is 2. The van der Waals surface area contributed by atoms with Crippen molar-refractivity contribution < 1.29 is 32.9 Å². The normalized spacial score (nSPS) is 12.6. The number of aromatic nitrogens is 1. The van der Waals surface area contributed by atoms with Gasteiger partial charge in [0.25, 0.3) is 0 Å². The van der Waals surface area contributed by atoms with Crippen molar-refractivity contribution >= 4 is 28.4 Å². The molecule has 2 aromatic carbocycles. The fourth-order valence-electron chi connectivity index (χ4n) is 2.66. The molecule has 29 heavy (non-hydrogen) atoms. The highest BCUT2D eigenvalue weighted by Gasteiger charge is 2.33. The van der Waals surface area contributed by atoms with E-state index in [1.54, 1.807) is 18.2 Å². The lowest BCUT2D eigenvalue weighted by Gasteiger charge is -2.14. The topological polar surface area (TPSA) is 91.7 Å². The van der Waals surface area contributed by atoms with Crippen LogP contribution in [0.15, 0.2) is 54.6 Å². The number of nitrogens with one attached hydrogen (secondary N) is 1. The zero-order chi connectivity index (χ0) is 21.0. The van der Waals surface area contributed by atoms with Crippen molar-refractivity contribution in [3.05, 3.63) is 65.7 Å². The molecular formula is C20H17F3N2O4. The monoisotopic (exact) mass is 406 g/mol. The van der Waals surface area contributed by atoms with Crippen molar-refractivity contribution in [2.24, 2.45) is 0 Å². The Hall–Kier alpha value is -3.17. The van der Waals surface area contributed by atoms with Crippen molar-refractivity contribution in [2.45, 2.75) is 12.3 Å². The molecule has 0 fully saturated rings. The summed E-state index contributed by atoms with van der Waals surface area (Å²) in [5.41, 5.74) is -0.698. The van der Waals surface area contributed by atoms with Gasteiger partial charge in [-0.1, -0.05) is 24.3 Å². The maximum absolute atomic E-state index is 13.3. The average Bonchev–Trinajstić information content (AvgIpc) is 2.70. The lowest BCUT2D eigenvalue weighted by molar-refractivity contribution is -0.136. The van der Waals surface area contributed by atoms with Crippen LogP contribution in [0.5, 0.6) is 0 Å². The van der Waals surface area contributed by atoms with E-state index in [2.05, 4.69) is 10.3 Å². The Labute approximate surface area is 163 Å². The van der Waals surface area contributed by atoms with Gasteiger partial charge in [-0.3, -0.25) is 0 Å². The van der Waals surface area contributed by atoms with Crippen molar-refractivity contribution in [1.82, 2.24) is 4.98 Å². The molecule has 3 rings (SSSR count). The van der Waals surface area contributed by atoms with E-state index in [1.807, 2.05) is 0 Å². The van der Waals surface area contributed by atoms with Crippen molar-refractivity contribution in [3.8, 4) is 0 Å². The molecule has 0 radical (unpaired) electrons. The highest BCUT2D eigenvalue weighted by atomic mass is 19.4. The Morgan fingerprint density at radius 3 is 2.59 bits per heavy atom. The largest absolute Gasteiger partial charge is 0.459 e. The van der Waals surface area contributed by atoms with Crippen LogP contribution in [0.25, 0.3) is 10.9 Å². The molecule has 6 nitrogen and oxygen atoms in total. The maximum Gasteiger partial charge on any atom is 0.418 e. The number of rotatable bonds is 6. The van der Waals surface area contributed by atoms with Crippen molar-refractivity contribution in [3.63, 3.8) is 0 Å². The van der Waals surface area contributed by atoms with Gasteiger partial charge < -0.3 is 20.3 Å². The zero-order valence-corrected chi connectivity index (χ0v) is 15.0. The van der Waals surface area contributed by atoms with Crippen LogP contribution < -0.4 is 5.32 Å². The van der Waals surface area contributed by atoms with Gasteiger partial charge in [0.15, 0.2) is 0 Å². The zero-order valence-electron chi connectivity index (χ0n) is 15.0. The van der Waals surface area contributed by atoms with E-state index in [-0.39, 0.29) is 22.6 Å². The third kappa shape index (κ3) is 4.82. The van der Waals surface area contributed by atoms with Gasteiger partial charge in [0.05, 0.1) is 28.9 Å². The number of pyridine rings is 1. The molecule has 0 aliphatic rings. The number of hydrogen-bond acceptors (Lipinski definition) is 6. The minimum atomic E-state index is -4.56. The molecule has 0 bridgehead atoms. The first kappa shape index (κ1) is 20.6. The van der Waals surface area contributed by atoms with E-state index in [9.17, 15) is 23.1 Å². The van der Waals surface area contributed by atoms with E-state index in [0.717, 1.165) is 6.07 Å². The molecule has 9 heteroatoms. The lowest BCUT2D eigenvalue weighted by atomic mass is 10.1. The second-order valence-electron chi connectivity index (χ2n) is 6.18. The van der Waals surface area contributed by atoms with E-state index in [4.69, 9.17) is 9.84 Å². The van der Waals surface area contributed by atoms with Crippen LogP contribution in [-0.4, -0.2) is 40.5 Å². The minimum Gasteiger partial charge on any atom is -0.459 e. The number of esters is 1. The fraction of sp³-hybridized carbons (Fsp3) is 0.200. The van der Waals surface area contributed by atoms with Crippen LogP contribution in [-0.2, 0) is 10.9 Å². The van der Waals surface area contributed by atoms with E-state index < -0.39 is 37.0 Å². The summed E-state index contributed by atoms with van der Waals surface area (Å²) in [6.45, 7) is -0.956. The predicted molar refractivity (Wildman–Crippen MR) is 99.8 cm³/mol. The number of ether oxygens (including phenoxy) is 1. The summed E-state index contributed by atoms with van der Waals surface area (Å²) in [5, 5.41) is 21.3. The number of alkyl halides is 3. The molecular weight excluding hydrogens is 389 g/mol. The van der Waals surface area contributed by atoms with Gasteiger partial charge in [-0.15, -0.1) is 0 Å². The molecule has 1 aromatic heterocycles. The Morgan fingerprint density at radius 1 is 1.10 bits per heavy atom. The van der Waals surface area contributed by atoms with Gasteiger partial charge in [0, 0.05) is 5.39 Å². The molecule has 0 amide bonds. The molecule has 0 saturated heterocycles. The quantitative estimate of drug-likeness (QED) is 0.543. The highest BCUT2D eigenvalue weighted by Crippen LogP contribution is 2.34. The number of aliphatic hydroxyl groups is 2. The van der Waals surface area contributed by atoms with Crippen LogP contribution in [0, 0.1) is 0 Å². The minimum absolute atomic E-state index is 0.101. The first-order valence-corrected chi connectivity index (χ1v) is 8.58. The SMILES string of the molecule is O=C(OCC(O)CO)c1ccccc1Nc1ccc2cccc(C(F)(F)F)c2n1. The Kier molecular flexibility index (Phi) is 6.00. The molecule has 0 aliphatic heterocycles. The maximum atomic E-state index is 13.3. The first-order valence-electron chi connectivity index (χ1n) is 8.58. The smallest absolute Gasteiger partial charge is 0.418 e. The molecule has 0 saturated carbocycles. The number of halogens is 3. The number of fused-ring (bicyclic) bond motifs is 1. The Balaban J connectivity index is 1.91. The summed E-state index contributed by atoms with van der Waals surface area (Å²) in [5.74, 6) is -0.651. The molecule has 1 atom stereocenters. The van der Waals surface area contributed by atoms with Crippen LogP contribution in [0.3, 0.4) is 0 Å². The average molecular weight is 406 g/mol.